The van der Waals surface area contributed by atoms with E-state index in [0.717, 1.165) is 33.7 Å². The van der Waals surface area contributed by atoms with Crippen molar-refractivity contribution >= 4 is 5.91 Å². The number of hydrogen-bond donors (Lipinski definition) is 2. The van der Waals surface area contributed by atoms with Gasteiger partial charge in [-0.15, -0.1) is 0 Å². The molecule has 4 rings (SSSR count). The highest BCUT2D eigenvalue weighted by molar-refractivity contribution is 5.80. The molecule has 1 atom stereocenters. The molecule has 25 heavy (non-hydrogen) atoms. The molecule has 0 saturated heterocycles. The van der Waals surface area contributed by atoms with E-state index in [0.29, 0.717) is 12.4 Å². The van der Waals surface area contributed by atoms with E-state index in [1.54, 1.807) is 19.2 Å². The number of rotatable bonds is 4. The van der Waals surface area contributed by atoms with E-state index in [-0.39, 0.29) is 0 Å². The molecule has 1 aliphatic heterocycles. The second-order valence-corrected chi connectivity index (χ2v) is 5.95. The average molecular weight is 335 g/mol. The highest BCUT2D eigenvalue weighted by atomic mass is 16.5. The van der Waals surface area contributed by atoms with Gasteiger partial charge in [0.2, 0.25) is 0 Å². The van der Waals surface area contributed by atoms with Crippen molar-refractivity contribution in [1.29, 1.82) is 0 Å². The number of aromatic nitrogens is 2. The number of aromatic amines is 1. The fraction of sp³-hybridized carbons (Fsp3) is 0.158. The van der Waals surface area contributed by atoms with Crippen molar-refractivity contribution in [3.8, 4) is 33.9 Å². The molecule has 126 valence electrons. The van der Waals surface area contributed by atoms with Crippen molar-refractivity contribution in [1.82, 2.24) is 10.2 Å². The van der Waals surface area contributed by atoms with Crippen LogP contribution in [0.5, 0.6) is 11.5 Å². The van der Waals surface area contributed by atoms with Gasteiger partial charge in [0.15, 0.2) is 6.10 Å². The Kier molecular flexibility index (Phi) is 3.65. The zero-order chi connectivity index (χ0) is 17.4. The molecule has 6 heteroatoms. The van der Waals surface area contributed by atoms with E-state index in [9.17, 15) is 4.79 Å². The molecule has 0 spiro atoms. The van der Waals surface area contributed by atoms with Crippen LogP contribution in [0.15, 0.2) is 48.7 Å². The molecule has 0 fully saturated rings. The van der Waals surface area contributed by atoms with Gasteiger partial charge in [-0.25, -0.2) is 0 Å². The second kappa shape index (κ2) is 5.98. The van der Waals surface area contributed by atoms with Crippen LogP contribution in [0.25, 0.3) is 22.4 Å². The predicted octanol–water partition coefficient (Wildman–Crippen LogP) is 2.89. The third-order valence-electron chi connectivity index (χ3n) is 4.26. The summed E-state index contributed by atoms with van der Waals surface area (Å²) in [6.07, 6.45) is 1.04. The largest absolute Gasteiger partial charge is 0.488 e. The highest BCUT2D eigenvalue weighted by Crippen LogP contribution is 2.41. The van der Waals surface area contributed by atoms with Crippen LogP contribution in [0, 0.1) is 0 Å². The summed E-state index contributed by atoms with van der Waals surface area (Å²) >= 11 is 0. The molecule has 3 N–H and O–H groups in total. The second-order valence-electron chi connectivity index (χ2n) is 5.95. The molecule has 0 bridgehead atoms. The maximum absolute atomic E-state index is 11.2. The minimum absolute atomic E-state index is 0.487. The maximum atomic E-state index is 11.2. The number of nitrogens with two attached hydrogens (primary N) is 1. The van der Waals surface area contributed by atoms with E-state index in [1.807, 2.05) is 24.3 Å². The van der Waals surface area contributed by atoms with E-state index in [1.165, 1.54) is 0 Å². The van der Waals surface area contributed by atoms with Crippen molar-refractivity contribution in [2.75, 3.05) is 0 Å². The summed E-state index contributed by atoms with van der Waals surface area (Å²) in [5.74, 6) is 0.773. The van der Waals surface area contributed by atoms with E-state index >= 15 is 0 Å². The van der Waals surface area contributed by atoms with Gasteiger partial charge in [0.1, 0.15) is 18.1 Å². The molecule has 1 aliphatic rings. The first kappa shape index (κ1) is 15.3. The number of nitrogens with one attached hydrogen (secondary N) is 1. The van der Waals surface area contributed by atoms with Gasteiger partial charge in [-0.3, -0.25) is 9.89 Å². The quantitative estimate of drug-likeness (QED) is 0.767. The smallest absolute Gasteiger partial charge is 0.258 e. The number of carbonyl (C=O) groups excluding carboxylic acids is 1. The van der Waals surface area contributed by atoms with Gasteiger partial charge < -0.3 is 15.2 Å². The molecule has 3 aromatic rings. The Labute approximate surface area is 144 Å². The van der Waals surface area contributed by atoms with Crippen molar-refractivity contribution in [2.24, 2.45) is 5.73 Å². The Hall–Kier alpha value is -3.28. The molecule has 0 aliphatic carbocycles. The van der Waals surface area contributed by atoms with Crippen LogP contribution >= 0.6 is 0 Å². The summed E-state index contributed by atoms with van der Waals surface area (Å²) < 4.78 is 11.4. The van der Waals surface area contributed by atoms with E-state index in [2.05, 4.69) is 22.3 Å². The molecular formula is C19H17N3O3. The fourth-order valence-corrected chi connectivity index (χ4v) is 2.87. The first-order chi connectivity index (χ1) is 12.1. The van der Waals surface area contributed by atoms with Gasteiger partial charge in [-0.05, 0) is 42.3 Å². The Bertz CT molecular complexity index is 935. The van der Waals surface area contributed by atoms with Crippen molar-refractivity contribution in [2.45, 2.75) is 19.6 Å². The average Bonchev–Trinajstić information content (AvgIpc) is 3.15. The van der Waals surface area contributed by atoms with Gasteiger partial charge in [-0.2, -0.15) is 5.10 Å². The lowest BCUT2D eigenvalue weighted by atomic mass is 9.94. The molecule has 2 aromatic carbocycles. The lowest BCUT2D eigenvalue weighted by Crippen LogP contribution is -2.30. The minimum atomic E-state index is -0.694. The lowest BCUT2D eigenvalue weighted by molar-refractivity contribution is -0.123. The topological polar surface area (TPSA) is 90.2 Å². The zero-order valence-electron chi connectivity index (χ0n) is 13.7. The Morgan fingerprint density at radius 1 is 1.24 bits per heavy atom. The first-order valence-electron chi connectivity index (χ1n) is 7.97. The van der Waals surface area contributed by atoms with E-state index < -0.39 is 12.0 Å². The van der Waals surface area contributed by atoms with Crippen LogP contribution < -0.4 is 15.2 Å². The SMILES string of the molecule is C[C@H](Oc1ccc2c(c1)OCc1ccc(-c3ccn[nH]3)cc1-2)C(N)=O. The van der Waals surface area contributed by atoms with Crippen LogP contribution in [-0.4, -0.2) is 22.2 Å². The molecule has 1 aromatic heterocycles. The molecule has 2 heterocycles. The number of nitrogens with zero attached hydrogens (tertiary/aromatic N) is 1. The lowest BCUT2D eigenvalue weighted by Gasteiger charge is -2.22. The summed E-state index contributed by atoms with van der Waals surface area (Å²) in [4.78, 5) is 11.2. The van der Waals surface area contributed by atoms with Gasteiger partial charge in [0.25, 0.3) is 5.91 Å². The molecule has 6 nitrogen and oxygen atoms in total. The van der Waals surface area contributed by atoms with Crippen molar-refractivity contribution in [3.63, 3.8) is 0 Å². The number of H-pyrrole nitrogens is 1. The van der Waals surface area contributed by atoms with E-state index in [4.69, 9.17) is 15.2 Å². The summed E-state index contributed by atoms with van der Waals surface area (Å²) in [6.45, 7) is 2.11. The van der Waals surface area contributed by atoms with Gasteiger partial charge >= 0.3 is 0 Å². The summed E-state index contributed by atoms with van der Waals surface area (Å²) in [5, 5.41) is 6.98. The van der Waals surface area contributed by atoms with Crippen molar-refractivity contribution < 1.29 is 14.3 Å². The number of amides is 1. The molecular weight excluding hydrogens is 318 g/mol. The van der Waals surface area contributed by atoms with Crippen LogP contribution in [-0.2, 0) is 11.4 Å². The number of benzene rings is 2. The van der Waals surface area contributed by atoms with Crippen LogP contribution in [0.4, 0.5) is 0 Å². The number of carbonyl (C=O) groups is 1. The third kappa shape index (κ3) is 2.82. The molecule has 1 amide bonds. The third-order valence-corrected chi connectivity index (χ3v) is 4.26. The Morgan fingerprint density at radius 3 is 2.88 bits per heavy atom. The standard InChI is InChI=1S/C19H17N3O3/c1-11(19(20)23)25-14-4-5-15-16-8-12(17-6-7-21-22-17)2-3-13(16)10-24-18(15)9-14/h2-9,11H,10H2,1H3,(H2,20,23)(H,21,22)/t11-/m0/s1. The molecule has 0 unspecified atom stereocenters. The number of ether oxygens (including phenoxy) is 2. The minimum Gasteiger partial charge on any atom is -0.488 e. The summed E-state index contributed by atoms with van der Waals surface area (Å²) in [6, 6.07) is 13.7. The Balaban J connectivity index is 1.71. The summed E-state index contributed by atoms with van der Waals surface area (Å²) in [7, 11) is 0. The fourth-order valence-electron chi connectivity index (χ4n) is 2.87. The number of primary amides is 1. The van der Waals surface area contributed by atoms with Crippen LogP contribution in [0.2, 0.25) is 0 Å². The Morgan fingerprint density at radius 2 is 2.12 bits per heavy atom. The zero-order valence-corrected chi connectivity index (χ0v) is 13.7. The van der Waals surface area contributed by atoms with Crippen LogP contribution in [0.3, 0.4) is 0 Å². The van der Waals surface area contributed by atoms with Gasteiger partial charge in [-0.1, -0.05) is 12.1 Å². The highest BCUT2D eigenvalue weighted by Gasteiger charge is 2.20. The summed E-state index contributed by atoms with van der Waals surface area (Å²) in [5.41, 5.74) is 10.5. The first-order valence-corrected chi connectivity index (χ1v) is 7.97. The number of fused-ring (bicyclic) bond motifs is 3. The van der Waals surface area contributed by atoms with Crippen molar-refractivity contribution in [3.05, 3.63) is 54.2 Å². The molecule has 0 radical (unpaired) electrons. The monoisotopic (exact) mass is 335 g/mol. The normalized spacial score (nSPS) is 13.3. The van der Waals surface area contributed by atoms with Gasteiger partial charge in [0, 0.05) is 23.4 Å². The maximum Gasteiger partial charge on any atom is 0.258 e. The van der Waals surface area contributed by atoms with Gasteiger partial charge in [0.05, 0.1) is 5.69 Å². The molecule has 0 saturated carbocycles. The van der Waals surface area contributed by atoms with Crippen LogP contribution in [0.1, 0.15) is 12.5 Å². The number of hydrogen-bond acceptors (Lipinski definition) is 4. The predicted molar refractivity (Wildman–Crippen MR) is 93.1 cm³/mol.